The van der Waals surface area contributed by atoms with E-state index < -0.39 is 0 Å². The Bertz CT molecular complexity index is 480. The zero-order valence-corrected chi connectivity index (χ0v) is 14.6. The van der Waals surface area contributed by atoms with Crippen LogP contribution >= 0.6 is 11.3 Å². The maximum atomic E-state index is 11.9. The van der Waals surface area contributed by atoms with E-state index in [4.69, 9.17) is 4.74 Å². The molecule has 3 heterocycles. The maximum Gasteiger partial charge on any atom is 0.317 e. The Kier molecular flexibility index (Phi) is 5.72. The summed E-state index contributed by atoms with van der Waals surface area (Å²) in [5, 5.41) is 5.63. The molecular formula is C16H26N4O2S. The minimum atomic E-state index is 0.0847. The molecule has 1 aromatic rings. The predicted octanol–water partition coefficient (Wildman–Crippen LogP) is 2.18. The molecule has 0 bridgehead atoms. The fourth-order valence-corrected chi connectivity index (χ4v) is 4.02. The quantitative estimate of drug-likeness (QED) is 0.914. The Balaban J connectivity index is 1.40. The van der Waals surface area contributed by atoms with E-state index in [9.17, 15) is 4.79 Å². The van der Waals surface area contributed by atoms with E-state index in [1.54, 1.807) is 17.5 Å². The Morgan fingerprint density at radius 3 is 2.65 bits per heavy atom. The minimum Gasteiger partial charge on any atom is -0.467 e. The number of likely N-dealkylation sites (tertiary alicyclic amines) is 2. The van der Waals surface area contributed by atoms with Crippen LogP contribution in [0, 0.1) is 0 Å². The first kappa shape index (κ1) is 16.5. The maximum absolute atomic E-state index is 11.9. The van der Waals surface area contributed by atoms with Gasteiger partial charge < -0.3 is 15.0 Å². The molecule has 23 heavy (non-hydrogen) atoms. The average Bonchev–Trinajstić information content (AvgIpc) is 3.09. The van der Waals surface area contributed by atoms with E-state index in [1.807, 2.05) is 17.2 Å². The van der Waals surface area contributed by atoms with Gasteiger partial charge in [0.15, 0.2) is 0 Å². The molecule has 0 aliphatic carbocycles. The van der Waals surface area contributed by atoms with Crippen LogP contribution in [0.4, 0.5) is 4.79 Å². The van der Waals surface area contributed by atoms with Gasteiger partial charge in [0.2, 0.25) is 0 Å². The Morgan fingerprint density at radius 2 is 2.04 bits per heavy atom. The summed E-state index contributed by atoms with van der Waals surface area (Å²) in [5.41, 5.74) is 0. The van der Waals surface area contributed by atoms with Crippen LogP contribution in [-0.4, -0.2) is 65.7 Å². The molecule has 0 aromatic carbocycles. The van der Waals surface area contributed by atoms with Gasteiger partial charge in [0.05, 0.1) is 0 Å². The largest absolute Gasteiger partial charge is 0.467 e. The first-order chi connectivity index (χ1) is 11.3. The topological polar surface area (TPSA) is 57.7 Å². The first-order valence-electron chi connectivity index (χ1n) is 8.59. The summed E-state index contributed by atoms with van der Waals surface area (Å²) in [4.78, 5) is 20.6. The Labute approximate surface area is 141 Å². The molecule has 2 aliphatic rings. The zero-order valence-electron chi connectivity index (χ0n) is 13.7. The van der Waals surface area contributed by atoms with Gasteiger partial charge in [-0.05, 0) is 32.6 Å². The van der Waals surface area contributed by atoms with Gasteiger partial charge in [-0.15, -0.1) is 0 Å². The molecule has 1 N–H and O–H groups in total. The molecule has 128 valence electrons. The molecule has 2 saturated heterocycles. The molecule has 0 radical (unpaired) electrons. The van der Waals surface area contributed by atoms with Gasteiger partial charge in [0.25, 0.3) is 5.19 Å². The van der Waals surface area contributed by atoms with E-state index in [2.05, 4.69) is 15.2 Å². The minimum absolute atomic E-state index is 0.0847. The predicted molar refractivity (Wildman–Crippen MR) is 91.0 cm³/mol. The first-order valence-corrected chi connectivity index (χ1v) is 9.47. The third-order valence-electron chi connectivity index (χ3n) is 4.75. The molecular weight excluding hydrogens is 312 g/mol. The number of aromatic nitrogens is 1. The molecule has 2 fully saturated rings. The number of ether oxygens (including phenoxy) is 1. The number of rotatable bonds is 4. The number of nitrogens with zero attached hydrogens (tertiary/aromatic N) is 3. The van der Waals surface area contributed by atoms with Crippen LogP contribution in [0.1, 0.15) is 32.6 Å². The van der Waals surface area contributed by atoms with Crippen LogP contribution in [-0.2, 0) is 0 Å². The van der Waals surface area contributed by atoms with Crippen LogP contribution in [0.15, 0.2) is 11.6 Å². The van der Waals surface area contributed by atoms with E-state index >= 15 is 0 Å². The fourth-order valence-electron chi connectivity index (χ4n) is 3.47. The normalized spacial score (nSPS) is 21.3. The third kappa shape index (κ3) is 4.35. The van der Waals surface area contributed by atoms with Gasteiger partial charge in [-0.1, -0.05) is 11.3 Å². The second-order valence-corrected chi connectivity index (χ2v) is 7.06. The van der Waals surface area contributed by atoms with Crippen molar-refractivity contribution in [1.29, 1.82) is 0 Å². The van der Waals surface area contributed by atoms with Crippen molar-refractivity contribution in [3.8, 4) is 5.19 Å². The summed E-state index contributed by atoms with van der Waals surface area (Å²) in [6, 6.07) is 0.697. The van der Waals surface area contributed by atoms with Gasteiger partial charge in [-0.25, -0.2) is 9.78 Å². The van der Waals surface area contributed by atoms with Gasteiger partial charge in [-0.3, -0.25) is 4.90 Å². The second-order valence-electron chi connectivity index (χ2n) is 6.20. The van der Waals surface area contributed by atoms with Crippen molar-refractivity contribution in [2.45, 2.75) is 44.8 Å². The average molecular weight is 338 g/mol. The highest BCUT2D eigenvalue weighted by atomic mass is 32.1. The van der Waals surface area contributed by atoms with Crippen molar-refractivity contribution in [3.05, 3.63) is 11.6 Å². The van der Waals surface area contributed by atoms with Crippen LogP contribution in [0.25, 0.3) is 0 Å². The van der Waals surface area contributed by atoms with Crippen LogP contribution in [0.5, 0.6) is 5.19 Å². The monoisotopic (exact) mass is 338 g/mol. The van der Waals surface area contributed by atoms with E-state index in [1.165, 1.54) is 0 Å². The van der Waals surface area contributed by atoms with Gasteiger partial charge in [0.1, 0.15) is 6.10 Å². The summed E-state index contributed by atoms with van der Waals surface area (Å²) in [7, 11) is 0. The number of thiazole rings is 1. The summed E-state index contributed by atoms with van der Waals surface area (Å²) in [6.07, 6.45) is 6.38. The lowest BCUT2D eigenvalue weighted by atomic mass is 9.99. The zero-order chi connectivity index (χ0) is 16.1. The van der Waals surface area contributed by atoms with Crippen molar-refractivity contribution in [2.75, 3.05) is 32.7 Å². The Hall–Kier alpha value is -1.34. The summed E-state index contributed by atoms with van der Waals surface area (Å²) in [5.74, 6) is 0. The molecule has 0 spiro atoms. The lowest BCUT2D eigenvalue weighted by Gasteiger charge is -2.41. The lowest BCUT2D eigenvalue weighted by molar-refractivity contribution is 0.0535. The number of amides is 2. The van der Waals surface area contributed by atoms with Crippen molar-refractivity contribution >= 4 is 17.4 Å². The smallest absolute Gasteiger partial charge is 0.317 e. The van der Waals surface area contributed by atoms with Gasteiger partial charge in [0, 0.05) is 50.3 Å². The highest BCUT2D eigenvalue weighted by Crippen LogP contribution is 2.24. The molecule has 0 atom stereocenters. The standard InChI is InChI=1S/C16H26N4O2S/c1-2-17-15(21)20-8-3-13(4-9-20)19-10-5-14(6-11-19)22-16-18-7-12-23-16/h7,12-14H,2-6,8-11H2,1H3,(H,17,21). The van der Waals surface area contributed by atoms with Gasteiger partial charge in [-0.2, -0.15) is 0 Å². The fraction of sp³-hybridized carbons (Fsp3) is 0.750. The van der Waals surface area contributed by atoms with Crippen LogP contribution in [0.3, 0.4) is 0 Å². The van der Waals surface area contributed by atoms with Crippen molar-refractivity contribution < 1.29 is 9.53 Å². The summed E-state index contributed by atoms with van der Waals surface area (Å²) in [6.45, 7) is 6.57. The SMILES string of the molecule is CCNC(=O)N1CCC(N2CCC(Oc3nccs3)CC2)CC1. The summed E-state index contributed by atoms with van der Waals surface area (Å²) < 4.78 is 5.93. The highest BCUT2D eigenvalue weighted by molar-refractivity contribution is 7.11. The number of carbonyl (C=O) groups is 1. The van der Waals surface area contributed by atoms with E-state index in [0.717, 1.165) is 57.1 Å². The molecule has 6 nitrogen and oxygen atoms in total. The second kappa shape index (κ2) is 7.97. The molecule has 2 amide bonds. The molecule has 1 aromatic heterocycles. The Morgan fingerprint density at radius 1 is 1.30 bits per heavy atom. The van der Waals surface area contributed by atoms with Crippen molar-refractivity contribution in [1.82, 2.24) is 20.1 Å². The third-order valence-corrected chi connectivity index (χ3v) is 5.41. The lowest BCUT2D eigenvalue weighted by Crippen LogP contribution is -2.51. The molecule has 0 unspecified atom stereocenters. The molecule has 7 heteroatoms. The molecule has 0 saturated carbocycles. The van der Waals surface area contributed by atoms with E-state index in [0.29, 0.717) is 18.7 Å². The number of nitrogens with one attached hydrogen (secondary N) is 1. The van der Waals surface area contributed by atoms with Gasteiger partial charge >= 0.3 is 6.03 Å². The van der Waals surface area contributed by atoms with Crippen molar-refractivity contribution in [3.63, 3.8) is 0 Å². The number of urea groups is 1. The number of piperidine rings is 2. The van der Waals surface area contributed by atoms with Crippen molar-refractivity contribution in [2.24, 2.45) is 0 Å². The summed E-state index contributed by atoms with van der Waals surface area (Å²) >= 11 is 1.56. The number of hydrogen-bond acceptors (Lipinski definition) is 5. The van der Waals surface area contributed by atoms with Crippen LogP contribution < -0.4 is 10.1 Å². The van der Waals surface area contributed by atoms with E-state index in [-0.39, 0.29) is 6.03 Å². The highest BCUT2D eigenvalue weighted by Gasteiger charge is 2.30. The molecule has 2 aliphatic heterocycles. The molecule has 3 rings (SSSR count). The van der Waals surface area contributed by atoms with Crippen LogP contribution in [0.2, 0.25) is 0 Å². The number of carbonyl (C=O) groups excluding carboxylic acids is 1. The number of hydrogen-bond donors (Lipinski definition) is 1.